The number of carboxylic acids is 1. The molecule has 24 heavy (non-hydrogen) atoms. The van der Waals surface area contributed by atoms with Crippen LogP contribution in [0.3, 0.4) is 0 Å². The molecule has 2 aliphatic rings. The van der Waals surface area contributed by atoms with Gasteiger partial charge in [0.15, 0.2) is 6.04 Å². The summed E-state index contributed by atoms with van der Waals surface area (Å²) in [7, 11) is 0. The van der Waals surface area contributed by atoms with Crippen LogP contribution in [0.25, 0.3) is 15.8 Å². The lowest BCUT2D eigenvalue weighted by atomic mass is 9.91. The fourth-order valence-corrected chi connectivity index (χ4v) is 5.20. The highest BCUT2D eigenvalue weighted by molar-refractivity contribution is 8.15. The Kier molecular flexibility index (Phi) is 3.47. The Hall–Kier alpha value is -1.86. The normalized spacial score (nSPS) is 21.9. The van der Waals surface area contributed by atoms with Gasteiger partial charge in [-0.15, -0.1) is 23.1 Å². The smallest absolute Gasteiger partial charge is 0.329 e. The number of hydrogen-bond donors (Lipinski definition) is 2. The Bertz CT molecular complexity index is 927. The van der Waals surface area contributed by atoms with Crippen molar-refractivity contribution in [1.29, 1.82) is 0 Å². The van der Waals surface area contributed by atoms with Crippen LogP contribution in [0.1, 0.15) is 31.3 Å². The summed E-state index contributed by atoms with van der Waals surface area (Å²) in [5, 5.41) is 14.2. The molecule has 0 amide bonds. The third-order valence-corrected chi connectivity index (χ3v) is 6.31. The second kappa shape index (κ2) is 5.32. The van der Waals surface area contributed by atoms with Crippen LogP contribution in [0.5, 0.6) is 0 Å². The van der Waals surface area contributed by atoms with E-state index in [0.29, 0.717) is 5.75 Å². The number of thioether (sulfide) groups is 1. The topological polar surface area (TPSA) is 74.6 Å². The molecule has 0 aliphatic carbocycles. The second-order valence-electron chi connectivity index (χ2n) is 6.66. The molecule has 1 unspecified atom stereocenters. The van der Waals surface area contributed by atoms with Gasteiger partial charge in [-0.05, 0) is 38.5 Å². The molecule has 2 aromatic rings. The van der Waals surface area contributed by atoms with Crippen molar-refractivity contribution in [3.05, 3.63) is 28.8 Å². The zero-order valence-corrected chi connectivity index (χ0v) is 15.2. The third kappa shape index (κ3) is 2.61. The molecule has 2 N–H and O–H groups in total. The van der Waals surface area contributed by atoms with E-state index < -0.39 is 12.0 Å². The zero-order chi connectivity index (χ0) is 17.1. The number of anilines is 1. The minimum absolute atomic E-state index is 0.0711. The van der Waals surface area contributed by atoms with Crippen molar-refractivity contribution in [3.63, 3.8) is 0 Å². The lowest BCUT2D eigenvalue weighted by Gasteiger charge is -2.31. The molecule has 124 valence electrons. The van der Waals surface area contributed by atoms with E-state index in [4.69, 9.17) is 5.11 Å². The third-order valence-electron chi connectivity index (χ3n) is 4.11. The predicted molar refractivity (Wildman–Crippen MR) is 101 cm³/mol. The van der Waals surface area contributed by atoms with Gasteiger partial charge < -0.3 is 10.4 Å². The first-order chi connectivity index (χ1) is 11.3. The van der Waals surface area contributed by atoms with Crippen LogP contribution in [-0.4, -0.2) is 38.4 Å². The Balaban J connectivity index is 1.77. The van der Waals surface area contributed by atoms with E-state index in [-0.39, 0.29) is 5.54 Å². The maximum Gasteiger partial charge on any atom is 0.329 e. The van der Waals surface area contributed by atoms with Gasteiger partial charge in [-0.25, -0.2) is 9.78 Å². The number of aliphatic carboxylic acids is 1. The van der Waals surface area contributed by atoms with Crippen molar-refractivity contribution in [2.75, 3.05) is 11.1 Å². The Morgan fingerprint density at radius 2 is 2.21 bits per heavy atom. The number of nitrogens with zero attached hydrogens (tertiary/aromatic N) is 2. The number of thiazole rings is 1. The van der Waals surface area contributed by atoms with Crippen molar-refractivity contribution < 1.29 is 9.90 Å². The molecule has 7 heteroatoms. The van der Waals surface area contributed by atoms with E-state index in [1.54, 1.807) is 11.3 Å². The number of rotatable bonds is 2. The van der Waals surface area contributed by atoms with E-state index in [1.165, 1.54) is 22.9 Å². The van der Waals surface area contributed by atoms with Crippen LogP contribution >= 0.6 is 23.1 Å². The first-order valence-corrected chi connectivity index (χ1v) is 9.49. The Morgan fingerprint density at radius 1 is 1.42 bits per heavy atom. The van der Waals surface area contributed by atoms with Crippen LogP contribution in [-0.2, 0) is 4.79 Å². The van der Waals surface area contributed by atoms with Crippen LogP contribution < -0.4 is 5.32 Å². The minimum Gasteiger partial charge on any atom is -0.480 e. The summed E-state index contributed by atoms with van der Waals surface area (Å²) in [5.41, 5.74) is 4.39. The molecule has 5 nitrogen and oxygen atoms in total. The van der Waals surface area contributed by atoms with Gasteiger partial charge in [0.1, 0.15) is 10.1 Å². The average Bonchev–Trinajstić information content (AvgIpc) is 3.10. The number of aliphatic imine (C=N–C) groups is 1. The zero-order valence-electron chi connectivity index (χ0n) is 13.6. The van der Waals surface area contributed by atoms with Gasteiger partial charge in [-0.3, -0.25) is 4.99 Å². The Labute approximate surface area is 147 Å². The molecule has 1 aromatic heterocycles. The van der Waals surface area contributed by atoms with Crippen LogP contribution in [0.15, 0.2) is 23.2 Å². The molecule has 0 saturated carbocycles. The number of benzene rings is 1. The number of aromatic nitrogens is 1. The van der Waals surface area contributed by atoms with Gasteiger partial charge in [0.2, 0.25) is 0 Å². The fraction of sp³-hybridized carbons (Fsp3) is 0.353. The summed E-state index contributed by atoms with van der Waals surface area (Å²) in [4.78, 5) is 20.0. The van der Waals surface area contributed by atoms with Gasteiger partial charge in [-0.2, -0.15) is 0 Å². The number of hydrogen-bond acceptors (Lipinski definition) is 6. The van der Waals surface area contributed by atoms with Crippen LogP contribution in [0.2, 0.25) is 0 Å². The Morgan fingerprint density at radius 3 is 2.92 bits per heavy atom. The second-order valence-corrected chi connectivity index (χ2v) is 8.70. The molecule has 0 radical (unpaired) electrons. The summed E-state index contributed by atoms with van der Waals surface area (Å²) < 4.78 is 1.09. The fourth-order valence-electron chi connectivity index (χ4n) is 3.11. The number of carboxylic acid groups (broad SMARTS) is 1. The molecule has 0 saturated heterocycles. The summed E-state index contributed by atoms with van der Waals surface area (Å²) in [6.07, 6.45) is 2.23. The van der Waals surface area contributed by atoms with Gasteiger partial charge in [0, 0.05) is 17.0 Å². The standard InChI is InChI=1S/C17H17N3O2S2/c1-8-6-17(2,3)20-10-5-13-11(4-9(8)10)18-15(24-13)14-19-12(7-23-14)16(21)22/h4-6,12,20H,7H2,1-3H3,(H,21,22). The molecule has 0 bridgehead atoms. The molecular formula is C17H17N3O2S2. The van der Waals surface area contributed by atoms with E-state index in [2.05, 4.69) is 54.3 Å². The van der Waals surface area contributed by atoms with Gasteiger partial charge in [0.05, 0.1) is 15.8 Å². The van der Waals surface area contributed by atoms with Gasteiger partial charge >= 0.3 is 5.97 Å². The molecular weight excluding hydrogens is 342 g/mol. The highest BCUT2D eigenvalue weighted by atomic mass is 32.2. The first-order valence-electron chi connectivity index (χ1n) is 7.69. The molecule has 0 spiro atoms. The SMILES string of the molecule is CC1=CC(C)(C)Nc2cc3sc(C4=NC(C(=O)O)CS4)nc3cc21. The molecule has 3 heterocycles. The highest BCUT2D eigenvalue weighted by Crippen LogP contribution is 2.38. The summed E-state index contributed by atoms with van der Waals surface area (Å²) in [6.45, 7) is 6.42. The van der Waals surface area contributed by atoms with Crippen molar-refractivity contribution >= 4 is 55.6 Å². The van der Waals surface area contributed by atoms with Crippen molar-refractivity contribution in [1.82, 2.24) is 4.98 Å². The van der Waals surface area contributed by atoms with Crippen molar-refractivity contribution in [2.24, 2.45) is 4.99 Å². The monoisotopic (exact) mass is 359 g/mol. The van der Waals surface area contributed by atoms with Gasteiger partial charge in [-0.1, -0.05) is 6.08 Å². The lowest BCUT2D eigenvalue weighted by molar-refractivity contribution is -0.137. The van der Waals surface area contributed by atoms with E-state index >= 15 is 0 Å². The minimum atomic E-state index is -0.874. The van der Waals surface area contributed by atoms with Crippen LogP contribution in [0.4, 0.5) is 5.69 Å². The van der Waals surface area contributed by atoms with E-state index in [9.17, 15) is 4.79 Å². The number of allylic oxidation sites excluding steroid dienone is 1. The maximum atomic E-state index is 11.1. The van der Waals surface area contributed by atoms with Crippen molar-refractivity contribution in [3.8, 4) is 0 Å². The van der Waals surface area contributed by atoms with Crippen LogP contribution in [0, 0.1) is 0 Å². The highest BCUT2D eigenvalue weighted by Gasteiger charge is 2.28. The summed E-state index contributed by atoms with van der Waals surface area (Å²) >= 11 is 3.04. The van der Waals surface area contributed by atoms with Crippen molar-refractivity contribution in [2.45, 2.75) is 32.4 Å². The largest absolute Gasteiger partial charge is 0.480 e. The number of nitrogens with one attached hydrogen (secondary N) is 1. The lowest BCUT2D eigenvalue weighted by Crippen LogP contribution is -2.31. The summed E-state index contributed by atoms with van der Waals surface area (Å²) in [5.74, 6) is -0.393. The maximum absolute atomic E-state index is 11.1. The van der Waals surface area contributed by atoms with E-state index in [0.717, 1.165) is 26.0 Å². The van der Waals surface area contributed by atoms with E-state index in [1.807, 2.05) is 0 Å². The number of carbonyl (C=O) groups is 1. The summed E-state index contributed by atoms with van der Waals surface area (Å²) in [6, 6.07) is 3.59. The number of fused-ring (bicyclic) bond motifs is 2. The molecule has 2 aliphatic heterocycles. The molecule has 0 fully saturated rings. The molecule has 1 atom stereocenters. The first kappa shape index (κ1) is 15.7. The molecule has 4 rings (SSSR count). The molecule has 1 aromatic carbocycles. The average molecular weight is 359 g/mol. The predicted octanol–water partition coefficient (Wildman–Crippen LogP) is 3.85. The quantitative estimate of drug-likeness (QED) is 0.852. The van der Waals surface area contributed by atoms with Gasteiger partial charge in [0.25, 0.3) is 0 Å².